The maximum Gasteiger partial charge on any atom is 0.247 e. The smallest absolute Gasteiger partial charge is 0.247 e. The van der Waals surface area contributed by atoms with E-state index in [1.807, 2.05) is 29.7 Å². The first-order valence-corrected chi connectivity index (χ1v) is 7.86. The Morgan fingerprint density at radius 3 is 2.83 bits per heavy atom. The van der Waals surface area contributed by atoms with Gasteiger partial charge in [0, 0.05) is 39.8 Å². The van der Waals surface area contributed by atoms with Gasteiger partial charge in [-0.05, 0) is 13.0 Å². The van der Waals surface area contributed by atoms with E-state index < -0.39 is 6.04 Å². The Morgan fingerprint density at radius 1 is 1.33 bits per heavy atom. The van der Waals surface area contributed by atoms with Gasteiger partial charge in [-0.1, -0.05) is 6.07 Å². The minimum atomic E-state index is -0.456. The monoisotopic (exact) mass is 330 g/mol. The van der Waals surface area contributed by atoms with E-state index in [9.17, 15) is 4.79 Å². The lowest BCUT2D eigenvalue weighted by Gasteiger charge is -2.35. The minimum absolute atomic E-state index is 0.00811. The highest BCUT2D eigenvalue weighted by atomic mass is 16.5. The SMILES string of the molecule is COc1cccc(CN2CCn3c(C)nnc3C2C(=O)N(C)C)n1. The van der Waals surface area contributed by atoms with Crippen molar-refractivity contribution in [1.82, 2.24) is 29.5 Å². The fourth-order valence-corrected chi connectivity index (χ4v) is 2.95. The number of hydrogen-bond acceptors (Lipinski definition) is 6. The van der Waals surface area contributed by atoms with Gasteiger partial charge in [0.05, 0.1) is 12.8 Å². The van der Waals surface area contributed by atoms with Crippen LogP contribution in [0.15, 0.2) is 18.2 Å². The van der Waals surface area contributed by atoms with Gasteiger partial charge in [-0.25, -0.2) is 4.98 Å². The highest BCUT2D eigenvalue weighted by Gasteiger charge is 2.37. The molecule has 3 heterocycles. The van der Waals surface area contributed by atoms with Gasteiger partial charge < -0.3 is 14.2 Å². The van der Waals surface area contributed by atoms with Crippen molar-refractivity contribution < 1.29 is 9.53 Å². The Morgan fingerprint density at radius 2 is 2.12 bits per heavy atom. The average Bonchev–Trinajstić information content (AvgIpc) is 2.95. The van der Waals surface area contributed by atoms with Gasteiger partial charge in [0.15, 0.2) is 11.9 Å². The molecule has 0 fully saturated rings. The maximum atomic E-state index is 12.8. The standard InChI is InChI=1S/C16H22N6O2/c1-11-18-19-15-14(16(23)20(2)3)21(8-9-22(11)15)10-12-6-5-7-13(17-12)24-4/h5-7,14H,8-10H2,1-4H3. The molecule has 0 bridgehead atoms. The number of aryl methyl sites for hydroxylation is 1. The van der Waals surface area contributed by atoms with Gasteiger partial charge in [-0.15, -0.1) is 10.2 Å². The number of fused-ring (bicyclic) bond motifs is 1. The van der Waals surface area contributed by atoms with Crippen LogP contribution in [0.1, 0.15) is 23.4 Å². The number of aromatic nitrogens is 4. The molecule has 8 nitrogen and oxygen atoms in total. The van der Waals surface area contributed by atoms with Crippen LogP contribution < -0.4 is 4.74 Å². The van der Waals surface area contributed by atoms with Crippen molar-refractivity contribution in [3.8, 4) is 5.88 Å². The molecular formula is C16H22N6O2. The molecule has 0 N–H and O–H groups in total. The molecule has 0 aliphatic carbocycles. The highest BCUT2D eigenvalue weighted by molar-refractivity contribution is 5.82. The molecule has 0 saturated carbocycles. The molecule has 1 aliphatic rings. The number of methoxy groups -OCH3 is 1. The zero-order valence-electron chi connectivity index (χ0n) is 14.4. The van der Waals surface area contributed by atoms with E-state index in [1.54, 1.807) is 26.1 Å². The summed E-state index contributed by atoms with van der Waals surface area (Å²) in [5.74, 6) is 2.09. The van der Waals surface area contributed by atoms with Crippen LogP contribution in [0.3, 0.4) is 0 Å². The number of pyridine rings is 1. The minimum Gasteiger partial charge on any atom is -0.481 e. The molecule has 1 atom stereocenters. The molecular weight excluding hydrogens is 308 g/mol. The lowest BCUT2D eigenvalue weighted by Crippen LogP contribution is -2.45. The predicted octanol–water partition coefficient (Wildman–Crippen LogP) is 0.635. The molecule has 24 heavy (non-hydrogen) atoms. The van der Waals surface area contributed by atoms with Crippen molar-refractivity contribution >= 4 is 5.91 Å². The number of rotatable bonds is 4. The second kappa shape index (κ2) is 6.56. The first kappa shape index (κ1) is 16.4. The number of amides is 1. The van der Waals surface area contributed by atoms with Gasteiger partial charge in [0.2, 0.25) is 11.8 Å². The molecule has 0 spiro atoms. The van der Waals surface area contributed by atoms with Crippen LogP contribution in [0.4, 0.5) is 0 Å². The summed E-state index contributed by atoms with van der Waals surface area (Å²) in [5.41, 5.74) is 0.857. The quantitative estimate of drug-likeness (QED) is 0.819. The van der Waals surface area contributed by atoms with Crippen LogP contribution in [0.5, 0.6) is 5.88 Å². The fraction of sp³-hybridized carbons (Fsp3) is 0.500. The topological polar surface area (TPSA) is 76.4 Å². The summed E-state index contributed by atoms with van der Waals surface area (Å²) in [6.07, 6.45) is 0. The summed E-state index contributed by atoms with van der Waals surface area (Å²) in [7, 11) is 5.11. The third-order valence-corrected chi connectivity index (χ3v) is 4.22. The van der Waals surface area contributed by atoms with Crippen molar-refractivity contribution in [3.05, 3.63) is 35.5 Å². The number of ether oxygens (including phenoxy) is 1. The molecule has 2 aromatic rings. The van der Waals surface area contributed by atoms with Crippen molar-refractivity contribution in [1.29, 1.82) is 0 Å². The maximum absolute atomic E-state index is 12.8. The summed E-state index contributed by atoms with van der Waals surface area (Å²) < 4.78 is 7.20. The molecule has 1 amide bonds. The van der Waals surface area contributed by atoms with E-state index in [0.29, 0.717) is 18.2 Å². The van der Waals surface area contributed by atoms with Crippen LogP contribution in [-0.2, 0) is 17.9 Å². The Labute approximate surface area is 141 Å². The van der Waals surface area contributed by atoms with Crippen molar-refractivity contribution in [2.24, 2.45) is 0 Å². The van der Waals surface area contributed by atoms with E-state index in [0.717, 1.165) is 24.6 Å². The largest absolute Gasteiger partial charge is 0.481 e. The van der Waals surface area contributed by atoms with E-state index >= 15 is 0 Å². The van der Waals surface area contributed by atoms with E-state index in [1.165, 1.54) is 0 Å². The van der Waals surface area contributed by atoms with Crippen molar-refractivity contribution in [2.75, 3.05) is 27.7 Å². The van der Waals surface area contributed by atoms with Gasteiger partial charge in [-0.2, -0.15) is 0 Å². The summed E-state index contributed by atoms with van der Waals surface area (Å²) in [4.78, 5) is 20.9. The van der Waals surface area contributed by atoms with Crippen LogP contribution in [0.2, 0.25) is 0 Å². The van der Waals surface area contributed by atoms with Crippen LogP contribution in [0.25, 0.3) is 0 Å². The number of likely N-dealkylation sites (N-methyl/N-ethyl adjacent to an activating group) is 1. The van der Waals surface area contributed by atoms with Gasteiger partial charge >= 0.3 is 0 Å². The van der Waals surface area contributed by atoms with Crippen LogP contribution in [-0.4, -0.2) is 63.2 Å². The lowest BCUT2D eigenvalue weighted by molar-refractivity contribution is -0.136. The molecule has 0 aromatic carbocycles. The number of carbonyl (C=O) groups excluding carboxylic acids is 1. The lowest BCUT2D eigenvalue weighted by atomic mass is 10.1. The third kappa shape index (κ3) is 2.96. The van der Waals surface area contributed by atoms with E-state index in [2.05, 4.69) is 20.1 Å². The molecule has 2 aromatic heterocycles. The Hall–Kier alpha value is -2.48. The Balaban J connectivity index is 1.92. The molecule has 8 heteroatoms. The van der Waals surface area contributed by atoms with Gasteiger partial charge in [0.25, 0.3) is 0 Å². The fourth-order valence-electron chi connectivity index (χ4n) is 2.95. The normalized spacial score (nSPS) is 17.4. The Bertz CT molecular complexity index is 742. The predicted molar refractivity (Wildman–Crippen MR) is 87.4 cm³/mol. The van der Waals surface area contributed by atoms with Crippen LogP contribution >= 0.6 is 0 Å². The summed E-state index contributed by atoms with van der Waals surface area (Å²) in [5, 5.41) is 8.38. The molecule has 0 radical (unpaired) electrons. The zero-order valence-corrected chi connectivity index (χ0v) is 14.4. The molecule has 3 rings (SSSR count). The van der Waals surface area contributed by atoms with E-state index in [4.69, 9.17) is 4.74 Å². The highest BCUT2D eigenvalue weighted by Crippen LogP contribution is 2.27. The van der Waals surface area contributed by atoms with Gasteiger partial charge in [-0.3, -0.25) is 9.69 Å². The average molecular weight is 330 g/mol. The summed E-state index contributed by atoms with van der Waals surface area (Å²) in [6, 6.07) is 5.19. The number of carbonyl (C=O) groups is 1. The zero-order chi connectivity index (χ0) is 17.3. The number of nitrogens with zero attached hydrogens (tertiary/aromatic N) is 6. The molecule has 1 aliphatic heterocycles. The second-order valence-corrected chi connectivity index (χ2v) is 6.03. The van der Waals surface area contributed by atoms with Crippen LogP contribution in [0, 0.1) is 6.92 Å². The van der Waals surface area contributed by atoms with Crippen molar-refractivity contribution in [3.63, 3.8) is 0 Å². The van der Waals surface area contributed by atoms with E-state index in [-0.39, 0.29) is 5.91 Å². The first-order chi connectivity index (χ1) is 11.5. The Kier molecular flexibility index (Phi) is 4.48. The molecule has 1 unspecified atom stereocenters. The third-order valence-electron chi connectivity index (χ3n) is 4.22. The van der Waals surface area contributed by atoms with Crippen molar-refractivity contribution in [2.45, 2.75) is 26.1 Å². The molecule has 0 saturated heterocycles. The molecule has 128 valence electrons. The summed E-state index contributed by atoms with van der Waals surface area (Å²) in [6.45, 7) is 3.95. The van der Waals surface area contributed by atoms with Gasteiger partial charge in [0.1, 0.15) is 5.82 Å². The number of hydrogen-bond donors (Lipinski definition) is 0. The first-order valence-electron chi connectivity index (χ1n) is 7.86. The summed E-state index contributed by atoms with van der Waals surface area (Å²) >= 11 is 0. The second-order valence-electron chi connectivity index (χ2n) is 6.03.